The van der Waals surface area contributed by atoms with Crippen LogP contribution in [-0.4, -0.2) is 0 Å². The van der Waals surface area contributed by atoms with Crippen LogP contribution in [0.25, 0.3) is 0 Å². The maximum atomic E-state index is 13.2. The molecular formula is C14H14ClFN2. The van der Waals surface area contributed by atoms with Crippen molar-refractivity contribution < 1.29 is 4.39 Å². The molecule has 0 fully saturated rings. The molecule has 94 valence electrons. The fourth-order valence-electron chi connectivity index (χ4n) is 1.85. The zero-order chi connectivity index (χ0) is 13.0. The molecule has 18 heavy (non-hydrogen) atoms. The lowest BCUT2D eigenvalue weighted by Gasteiger charge is -2.16. The zero-order valence-corrected chi connectivity index (χ0v) is 10.5. The summed E-state index contributed by atoms with van der Waals surface area (Å²) in [6.07, 6.45) is 0.678. The van der Waals surface area contributed by atoms with Crippen LogP contribution in [-0.2, 0) is 6.42 Å². The highest BCUT2D eigenvalue weighted by Crippen LogP contribution is 2.19. The van der Waals surface area contributed by atoms with Crippen LogP contribution in [0.15, 0.2) is 48.5 Å². The van der Waals surface area contributed by atoms with E-state index in [1.807, 2.05) is 30.3 Å². The second kappa shape index (κ2) is 5.96. The van der Waals surface area contributed by atoms with Crippen molar-refractivity contribution in [2.24, 2.45) is 5.84 Å². The third-order valence-corrected chi connectivity index (χ3v) is 3.06. The lowest BCUT2D eigenvalue weighted by molar-refractivity contribution is 0.544. The Morgan fingerprint density at radius 2 is 1.89 bits per heavy atom. The molecule has 0 amide bonds. The van der Waals surface area contributed by atoms with Gasteiger partial charge in [-0.3, -0.25) is 11.3 Å². The predicted molar refractivity (Wildman–Crippen MR) is 71.6 cm³/mol. The molecule has 0 radical (unpaired) electrons. The summed E-state index contributed by atoms with van der Waals surface area (Å²) in [4.78, 5) is 0. The molecule has 0 heterocycles. The van der Waals surface area contributed by atoms with Gasteiger partial charge in [0.25, 0.3) is 0 Å². The van der Waals surface area contributed by atoms with E-state index in [2.05, 4.69) is 5.43 Å². The van der Waals surface area contributed by atoms with E-state index in [4.69, 9.17) is 17.4 Å². The maximum Gasteiger partial charge on any atom is 0.123 e. The van der Waals surface area contributed by atoms with Crippen LogP contribution in [0.3, 0.4) is 0 Å². The van der Waals surface area contributed by atoms with Crippen molar-refractivity contribution in [3.05, 3.63) is 70.5 Å². The fraction of sp³-hybridized carbons (Fsp3) is 0.143. The van der Waals surface area contributed by atoms with Crippen molar-refractivity contribution in [1.82, 2.24) is 5.43 Å². The van der Waals surface area contributed by atoms with Crippen molar-refractivity contribution in [3.8, 4) is 0 Å². The summed E-state index contributed by atoms with van der Waals surface area (Å²) in [5.74, 6) is 5.27. The van der Waals surface area contributed by atoms with E-state index in [1.165, 1.54) is 12.1 Å². The second-order valence-electron chi connectivity index (χ2n) is 4.10. The Hall–Kier alpha value is -1.42. The Morgan fingerprint density at radius 1 is 1.17 bits per heavy atom. The SMILES string of the molecule is NNC(Cc1ccc(Cl)cc1)c1cccc(F)c1. The number of benzene rings is 2. The summed E-state index contributed by atoms with van der Waals surface area (Å²) in [6.45, 7) is 0. The molecule has 2 aromatic carbocycles. The quantitative estimate of drug-likeness (QED) is 0.657. The normalized spacial score (nSPS) is 12.4. The molecule has 4 heteroatoms. The third kappa shape index (κ3) is 3.29. The first kappa shape index (κ1) is 13.0. The van der Waals surface area contributed by atoms with Gasteiger partial charge >= 0.3 is 0 Å². The molecule has 2 aromatic rings. The third-order valence-electron chi connectivity index (χ3n) is 2.81. The van der Waals surface area contributed by atoms with Crippen molar-refractivity contribution in [3.63, 3.8) is 0 Å². The van der Waals surface area contributed by atoms with Gasteiger partial charge in [-0.05, 0) is 41.8 Å². The first-order valence-electron chi connectivity index (χ1n) is 5.65. The van der Waals surface area contributed by atoms with Crippen molar-refractivity contribution in [2.75, 3.05) is 0 Å². The van der Waals surface area contributed by atoms with Gasteiger partial charge in [0.15, 0.2) is 0 Å². The standard InChI is InChI=1S/C14H14ClFN2/c15-12-6-4-10(5-7-12)8-14(18-17)11-2-1-3-13(16)9-11/h1-7,9,14,18H,8,17H2. The first-order chi connectivity index (χ1) is 8.69. The Balaban J connectivity index is 2.17. The van der Waals surface area contributed by atoms with Gasteiger partial charge in [0.05, 0.1) is 6.04 Å². The van der Waals surface area contributed by atoms with Gasteiger partial charge < -0.3 is 0 Å². The highest BCUT2D eigenvalue weighted by Gasteiger charge is 2.11. The number of halogens is 2. The van der Waals surface area contributed by atoms with E-state index in [-0.39, 0.29) is 11.9 Å². The van der Waals surface area contributed by atoms with Crippen LogP contribution >= 0.6 is 11.6 Å². The number of hydrazine groups is 1. The van der Waals surface area contributed by atoms with E-state index in [0.29, 0.717) is 11.4 Å². The first-order valence-corrected chi connectivity index (χ1v) is 6.03. The van der Waals surface area contributed by atoms with E-state index < -0.39 is 0 Å². The van der Waals surface area contributed by atoms with E-state index in [0.717, 1.165) is 11.1 Å². The molecule has 2 nitrogen and oxygen atoms in total. The highest BCUT2D eigenvalue weighted by molar-refractivity contribution is 6.30. The average molecular weight is 265 g/mol. The van der Waals surface area contributed by atoms with Gasteiger partial charge in [-0.1, -0.05) is 35.9 Å². The molecule has 0 bridgehead atoms. The summed E-state index contributed by atoms with van der Waals surface area (Å²) in [5, 5.41) is 0.696. The number of rotatable bonds is 4. The number of hydrogen-bond donors (Lipinski definition) is 2. The fourth-order valence-corrected chi connectivity index (χ4v) is 1.98. The molecule has 0 saturated heterocycles. The van der Waals surface area contributed by atoms with E-state index in [9.17, 15) is 4.39 Å². The van der Waals surface area contributed by atoms with Crippen molar-refractivity contribution >= 4 is 11.6 Å². The molecule has 3 N–H and O–H groups in total. The molecule has 0 aliphatic carbocycles. The molecule has 1 unspecified atom stereocenters. The molecule has 0 saturated carbocycles. The minimum atomic E-state index is -0.260. The molecule has 0 aliphatic heterocycles. The summed E-state index contributed by atoms with van der Waals surface area (Å²) in [7, 11) is 0. The van der Waals surface area contributed by atoms with Gasteiger partial charge in [-0.2, -0.15) is 0 Å². The van der Waals surface area contributed by atoms with Gasteiger partial charge in [0.2, 0.25) is 0 Å². The predicted octanol–water partition coefficient (Wildman–Crippen LogP) is 3.23. The molecular weight excluding hydrogens is 251 g/mol. The lowest BCUT2D eigenvalue weighted by Crippen LogP contribution is -2.29. The minimum absolute atomic E-state index is 0.123. The number of nitrogens with two attached hydrogens (primary N) is 1. The highest BCUT2D eigenvalue weighted by atomic mass is 35.5. The number of nitrogens with one attached hydrogen (secondary N) is 1. The summed E-state index contributed by atoms with van der Waals surface area (Å²) in [6, 6.07) is 13.8. The molecule has 0 aliphatic rings. The Morgan fingerprint density at radius 3 is 2.50 bits per heavy atom. The van der Waals surface area contributed by atoms with Crippen molar-refractivity contribution in [1.29, 1.82) is 0 Å². The van der Waals surface area contributed by atoms with Crippen LogP contribution in [0.1, 0.15) is 17.2 Å². The average Bonchev–Trinajstić information content (AvgIpc) is 2.38. The molecule has 0 aromatic heterocycles. The molecule has 1 atom stereocenters. The number of hydrogen-bond acceptors (Lipinski definition) is 2. The second-order valence-corrected chi connectivity index (χ2v) is 4.54. The Bertz CT molecular complexity index is 513. The van der Waals surface area contributed by atoms with Crippen LogP contribution in [0.2, 0.25) is 5.02 Å². The van der Waals surface area contributed by atoms with Crippen LogP contribution in [0, 0.1) is 5.82 Å². The molecule has 2 rings (SSSR count). The lowest BCUT2D eigenvalue weighted by atomic mass is 9.99. The van der Waals surface area contributed by atoms with Gasteiger partial charge in [0, 0.05) is 5.02 Å². The Kier molecular flexibility index (Phi) is 4.31. The monoisotopic (exact) mass is 264 g/mol. The summed E-state index contributed by atoms with van der Waals surface area (Å²) >= 11 is 5.83. The topological polar surface area (TPSA) is 38.0 Å². The van der Waals surface area contributed by atoms with E-state index >= 15 is 0 Å². The van der Waals surface area contributed by atoms with Crippen LogP contribution < -0.4 is 11.3 Å². The van der Waals surface area contributed by atoms with Crippen LogP contribution in [0.4, 0.5) is 4.39 Å². The largest absolute Gasteiger partial charge is 0.271 e. The van der Waals surface area contributed by atoms with Gasteiger partial charge in [-0.15, -0.1) is 0 Å². The van der Waals surface area contributed by atoms with E-state index in [1.54, 1.807) is 6.07 Å². The minimum Gasteiger partial charge on any atom is -0.271 e. The Labute approximate surface area is 111 Å². The molecule has 0 spiro atoms. The summed E-state index contributed by atoms with van der Waals surface area (Å²) in [5.41, 5.74) is 4.62. The smallest absolute Gasteiger partial charge is 0.123 e. The maximum absolute atomic E-state index is 13.2. The van der Waals surface area contributed by atoms with Crippen molar-refractivity contribution in [2.45, 2.75) is 12.5 Å². The summed E-state index contributed by atoms with van der Waals surface area (Å²) < 4.78 is 13.2. The van der Waals surface area contributed by atoms with Gasteiger partial charge in [0.1, 0.15) is 5.82 Å². The zero-order valence-electron chi connectivity index (χ0n) is 9.74. The van der Waals surface area contributed by atoms with Crippen LogP contribution in [0.5, 0.6) is 0 Å². The van der Waals surface area contributed by atoms with Gasteiger partial charge in [-0.25, -0.2) is 4.39 Å².